The molecule has 2 N–H and O–H groups in total. The number of hydrogen-bond acceptors (Lipinski definition) is 6. The number of likely N-dealkylation sites (tertiary alicyclic amines) is 1. The molecule has 1 saturated heterocycles. The van der Waals surface area contributed by atoms with E-state index in [0.717, 1.165) is 25.3 Å². The van der Waals surface area contributed by atoms with Crippen LogP contribution in [0.25, 0.3) is 0 Å². The second-order valence-electron chi connectivity index (χ2n) is 7.57. The van der Waals surface area contributed by atoms with Crippen molar-refractivity contribution in [2.24, 2.45) is 0 Å². The van der Waals surface area contributed by atoms with Gasteiger partial charge < -0.3 is 24.6 Å². The Bertz CT molecular complexity index is 769. The fourth-order valence-corrected chi connectivity index (χ4v) is 3.86. The summed E-state index contributed by atoms with van der Waals surface area (Å²) in [5.41, 5.74) is -1.08. The van der Waals surface area contributed by atoms with Gasteiger partial charge in [-0.15, -0.1) is 0 Å². The van der Waals surface area contributed by atoms with Crippen molar-refractivity contribution in [3.05, 3.63) is 53.6 Å². The maximum absolute atomic E-state index is 11.6. The van der Waals surface area contributed by atoms with Crippen LogP contribution in [0.4, 0.5) is 0 Å². The highest BCUT2D eigenvalue weighted by molar-refractivity contribution is 6.30. The van der Waals surface area contributed by atoms with Crippen molar-refractivity contribution in [2.75, 3.05) is 33.4 Å². The number of carbonyl (C=O) groups excluding carboxylic acids is 1. The predicted molar refractivity (Wildman–Crippen MR) is 115 cm³/mol. The molecule has 1 aromatic rings. The first-order chi connectivity index (χ1) is 14.4. The molecular weight excluding hydrogens is 408 g/mol. The summed E-state index contributed by atoms with van der Waals surface area (Å²) in [5.74, 6) is 0.566. The van der Waals surface area contributed by atoms with E-state index in [1.54, 1.807) is 30.4 Å². The molecule has 1 fully saturated rings. The maximum atomic E-state index is 11.6. The van der Waals surface area contributed by atoms with Crippen molar-refractivity contribution in [2.45, 2.75) is 37.4 Å². The molecule has 3 rings (SSSR count). The van der Waals surface area contributed by atoms with Gasteiger partial charge in [-0.3, -0.25) is 9.69 Å². The molecule has 8 heteroatoms. The lowest BCUT2D eigenvalue weighted by molar-refractivity contribution is -0.141. The van der Waals surface area contributed by atoms with Crippen molar-refractivity contribution in [3.63, 3.8) is 0 Å². The summed E-state index contributed by atoms with van der Waals surface area (Å²) in [6, 6.07) is 7.33. The Kier molecular flexibility index (Phi) is 7.91. The fraction of sp³-hybridized carbons (Fsp3) is 0.500. The van der Waals surface area contributed by atoms with Crippen LogP contribution in [-0.2, 0) is 14.3 Å². The number of rotatable bonds is 9. The number of ether oxygens (including phenoxy) is 3. The Morgan fingerprint density at radius 2 is 2.13 bits per heavy atom. The van der Waals surface area contributed by atoms with Crippen molar-refractivity contribution in [1.29, 1.82) is 0 Å². The van der Waals surface area contributed by atoms with Gasteiger partial charge in [0.15, 0.2) is 5.72 Å². The van der Waals surface area contributed by atoms with Gasteiger partial charge in [-0.2, -0.15) is 0 Å². The van der Waals surface area contributed by atoms with Gasteiger partial charge in [0.25, 0.3) is 0 Å². The third kappa shape index (κ3) is 6.06. The highest BCUT2D eigenvalue weighted by atomic mass is 35.5. The zero-order valence-electron chi connectivity index (χ0n) is 17.3. The molecule has 30 heavy (non-hydrogen) atoms. The zero-order valence-corrected chi connectivity index (χ0v) is 18.0. The minimum atomic E-state index is -1.08. The maximum Gasteiger partial charge on any atom is 0.219 e. The van der Waals surface area contributed by atoms with Crippen LogP contribution in [-0.4, -0.2) is 73.3 Å². The van der Waals surface area contributed by atoms with E-state index in [4.69, 9.17) is 25.8 Å². The van der Waals surface area contributed by atoms with Crippen LogP contribution >= 0.6 is 11.6 Å². The number of nitrogens with one attached hydrogen (secondary N) is 1. The van der Waals surface area contributed by atoms with Crippen molar-refractivity contribution in [3.8, 4) is 5.75 Å². The summed E-state index contributed by atoms with van der Waals surface area (Å²) in [7, 11) is 1.51. The van der Waals surface area contributed by atoms with Crippen LogP contribution in [0.15, 0.2) is 48.6 Å². The molecule has 4 unspecified atom stereocenters. The van der Waals surface area contributed by atoms with Crippen LogP contribution in [0, 0.1) is 0 Å². The second-order valence-corrected chi connectivity index (χ2v) is 8.01. The first-order valence-corrected chi connectivity index (χ1v) is 10.4. The van der Waals surface area contributed by atoms with Crippen LogP contribution in [0.3, 0.4) is 0 Å². The first-order valence-electron chi connectivity index (χ1n) is 10.0. The molecule has 0 bridgehead atoms. The Balaban J connectivity index is 1.45. The largest absolute Gasteiger partial charge is 0.489 e. The molecular formula is C22H29ClN2O5. The van der Waals surface area contributed by atoms with Crippen LogP contribution < -0.4 is 10.1 Å². The molecule has 1 aliphatic heterocycles. The van der Waals surface area contributed by atoms with E-state index in [0.29, 0.717) is 11.6 Å². The Hall–Kier alpha value is -1.90. The van der Waals surface area contributed by atoms with E-state index in [1.807, 2.05) is 18.2 Å². The number of allylic oxidation sites excluding steroid dienone is 2. The van der Waals surface area contributed by atoms with Crippen molar-refractivity contribution in [1.82, 2.24) is 10.2 Å². The normalized spacial score (nSPS) is 27.2. The number of benzene rings is 1. The lowest BCUT2D eigenvalue weighted by Crippen LogP contribution is -2.57. The molecule has 0 spiro atoms. The molecule has 0 saturated carbocycles. The highest BCUT2D eigenvalue weighted by Crippen LogP contribution is 2.23. The van der Waals surface area contributed by atoms with Gasteiger partial charge in [0, 0.05) is 38.7 Å². The van der Waals surface area contributed by atoms with E-state index in [-0.39, 0.29) is 18.6 Å². The van der Waals surface area contributed by atoms with Gasteiger partial charge in [-0.1, -0.05) is 29.8 Å². The summed E-state index contributed by atoms with van der Waals surface area (Å²) in [6.07, 6.45) is 6.92. The minimum absolute atomic E-state index is 0.0756. The molecule has 7 nitrogen and oxygen atoms in total. The number of methoxy groups -OCH3 is 1. The van der Waals surface area contributed by atoms with Gasteiger partial charge in [-0.05, 0) is 36.8 Å². The average Bonchev–Trinajstić information content (AvgIpc) is 3.15. The quantitative estimate of drug-likeness (QED) is 0.577. The van der Waals surface area contributed by atoms with Crippen molar-refractivity contribution >= 4 is 17.5 Å². The minimum Gasteiger partial charge on any atom is -0.489 e. The lowest BCUT2D eigenvalue weighted by atomic mass is 10.0. The van der Waals surface area contributed by atoms with E-state index in [2.05, 4.69) is 10.2 Å². The van der Waals surface area contributed by atoms with Gasteiger partial charge in [0.1, 0.15) is 18.0 Å². The molecule has 164 valence electrons. The zero-order chi connectivity index (χ0) is 21.6. The third-order valence-electron chi connectivity index (χ3n) is 5.16. The van der Waals surface area contributed by atoms with Gasteiger partial charge in [0.2, 0.25) is 5.91 Å². The van der Waals surface area contributed by atoms with Crippen LogP contribution in [0.5, 0.6) is 5.75 Å². The summed E-state index contributed by atoms with van der Waals surface area (Å²) >= 11 is 5.91. The number of carbonyl (C=O) groups is 1. The molecule has 1 heterocycles. The molecule has 4 atom stereocenters. The standard InChI is InChI=1S/C22H29ClN2O5/c1-16(26)24-22(28-2)11-4-3-5-21(22)29-15-18(27)13-25-12-10-20(14-25)30-19-8-6-17(23)7-9-19/h3-9,11,18,20-21,27H,10,12-15H2,1-2H3,(H,24,26). The summed E-state index contributed by atoms with van der Waals surface area (Å²) in [4.78, 5) is 13.7. The smallest absolute Gasteiger partial charge is 0.219 e. The Morgan fingerprint density at radius 3 is 2.83 bits per heavy atom. The number of aliphatic hydroxyl groups is 1. The number of nitrogens with zero attached hydrogens (tertiary/aromatic N) is 1. The number of aliphatic hydroxyl groups excluding tert-OH is 1. The highest BCUT2D eigenvalue weighted by Gasteiger charge is 2.39. The molecule has 1 aromatic carbocycles. The van der Waals surface area contributed by atoms with E-state index < -0.39 is 17.9 Å². The monoisotopic (exact) mass is 436 g/mol. The summed E-state index contributed by atoms with van der Waals surface area (Å²) in [6.45, 7) is 3.60. The molecule has 1 aliphatic carbocycles. The molecule has 0 radical (unpaired) electrons. The average molecular weight is 437 g/mol. The number of amides is 1. The van der Waals surface area contributed by atoms with Gasteiger partial charge >= 0.3 is 0 Å². The SMILES string of the molecule is COC1(NC(C)=O)C=CC=CC1OCC(O)CN1CCC(Oc2ccc(Cl)cc2)C1. The summed E-state index contributed by atoms with van der Waals surface area (Å²) in [5, 5.41) is 13.9. The van der Waals surface area contributed by atoms with Gasteiger partial charge in [0.05, 0.1) is 12.7 Å². The Morgan fingerprint density at radius 1 is 1.37 bits per heavy atom. The topological polar surface area (TPSA) is 80.3 Å². The molecule has 1 amide bonds. The van der Waals surface area contributed by atoms with Crippen LogP contribution in [0.1, 0.15) is 13.3 Å². The van der Waals surface area contributed by atoms with E-state index >= 15 is 0 Å². The predicted octanol–water partition coefficient (Wildman–Crippen LogP) is 2.14. The van der Waals surface area contributed by atoms with Crippen LogP contribution in [0.2, 0.25) is 5.02 Å². The molecule has 2 aliphatic rings. The summed E-state index contributed by atoms with van der Waals surface area (Å²) < 4.78 is 17.4. The third-order valence-corrected chi connectivity index (χ3v) is 5.41. The van der Waals surface area contributed by atoms with Gasteiger partial charge in [-0.25, -0.2) is 0 Å². The number of β-amino-alcohol motifs (C(OH)–C–C–N with tert-alkyl or cyclic N) is 1. The lowest BCUT2D eigenvalue weighted by Gasteiger charge is -2.37. The first kappa shape index (κ1) is 22.8. The van der Waals surface area contributed by atoms with Crippen molar-refractivity contribution < 1.29 is 24.1 Å². The number of halogens is 1. The Labute approximate surface area is 182 Å². The second kappa shape index (κ2) is 10.4. The fourth-order valence-electron chi connectivity index (χ4n) is 3.73. The number of hydrogen-bond donors (Lipinski definition) is 2. The molecule has 0 aromatic heterocycles. The van der Waals surface area contributed by atoms with E-state index in [1.165, 1.54) is 14.0 Å². The van der Waals surface area contributed by atoms with E-state index in [9.17, 15) is 9.90 Å².